The zero-order valence-electron chi connectivity index (χ0n) is 17.3. The van der Waals surface area contributed by atoms with Gasteiger partial charge >= 0.3 is 0 Å². The zero-order valence-corrected chi connectivity index (χ0v) is 17.3. The fourth-order valence-electron chi connectivity index (χ4n) is 2.26. The van der Waals surface area contributed by atoms with Crippen molar-refractivity contribution in [2.45, 2.75) is 66.1 Å². The molecule has 0 aliphatic rings. The van der Waals surface area contributed by atoms with Crippen LogP contribution in [0.5, 0.6) is 0 Å². The summed E-state index contributed by atoms with van der Waals surface area (Å²) in [7, 11) is 5.03. The first kappa shape index (κ1) is 24.8. The van der Waals surface area contributed by atoms with Crippen LogP contribution in [0.1, 0.15) is 57.2 Å². The molecule has 0 spiro atoms. The Kier molecular flexibility index (Phi) is 14.8. The van der Waals surface area contributed by atoms with Gasteiger partial charge in [-0.05, 0) is 30.0 Å². The van der Waals surface area contributed by atoms with Gasteiger partial charge in [0.25, 0.3) is 0 Å². The van der Waals surface area contributed by atoms with Crippen molar-refractivity contribution in [3.05, 3.63) is 71.3 Å². The van der Waals surface area contributed by atoms with E-state index in [0.29, 0.717) is 19.3 Å². The van der Waals surface area contributed by atoms with Crippen LogP contribution < -0.4 is 0 Å². The molecule has 0 unspecified atom stereocenters. The van der Waals surface area contributed by atoms with Crippen molar-refractivity contribution in [3.8, 4) is 0 Å². The van der Waals surface area contributed by atoms with Crippen LogP contribution in [0.2, 0.25) is 6.32 Å². The van der Waals surface area contributed by atoms with Gasteiger partial charge in [0.15, 0.2) is 0 Å². The summed E-state index contributed by atoms with van der Waals surface area (Å²) in [5.41, 5.74) is 3.23. The van der Waals surface area contributed by atoms with Gasteiger partial charge in [-0.1, -0.05) is 88.1 Å². The minimum Gasteiger partial charge on any atom is -0.300 e. The van der Waals surface area contributed by atoms with E-state index in [4.69, 9.17) is 7.85 Å². The summed E-state index contributed by atoms with van der Waals surface area (Å²) in [5, 5.41) is 0. The molecule has 2 rings (SSSR count). The molecule has 3 heteroatoms. The molecule has 0 aliphatic heterocycles. The predicted molar refractivity (Wildman–Crippen MR) is 117 cm³/mol. The molecule has 144 valence electrons. The number of carbonyl (C=O) groups is 2. The Balaban J connectivity index is 0.000000998. The lowest BCUT2D eigenvalue weighted by Crippen LogP contribution is -2.06. The summed E-state index contributed by atoms with van der Waals surface area (Å²) >= 11 is 0. The number of hydrogen-bond donors (Lipinski definition) is 0. The largest absolute Gasteiger partial charge is 0.300 e. The fraction of sp³-hybridized carbons (Fsp3) is 0.417. The summed E-state index contributed by atoms with van der Waals surface area (Å²) < 4.78 is 0. The molecule has 0 aliphatic carbocycles. The highest BCUT2D eigenvalue weighted by atomic mass is 16.1. The van der Waals surface area contributed by atoms with Gasteiger partial charge in [-0.2, -0.15) is 0 Å². The molecule has 0 N–H and O–H groups in total. The van der Waals surface area contributed by atoms with E-state index in [-0.39, 0.29) is 11.6 Å². The second kappa shape index (κ2) is 16.1. The first-order valence-corrected chi connectivity index (χ1v) is 9.88. The Morgan fingerprint density at radius 2 is 1.26 bits per heavy atom. The van der Waals surface area contributed by atoms with Crippen molar-refractivity contribution >= 4 is 19.4 Å². The molecule has 0 saturated heterocycles. The molecule has 0 aromatic heterocycles. The average molecular weight is 364 g/mol. The van der Waals surface area contributed by atoms with E-state index in [1.807, 2.05) is 68.4 Å². The number of rotatable bonds is 8. The van der Waals surface area contributed by atoms with Crippen molar-refractivity contribution in [2.24, 2.45) is 0 Å². The molecule has 0 saturated carbocycles. The van der Waals surface area contributed by atoms with Crippen molar-refractivity contribution in [2.75, 3.05) is 0 Å². The second-order valence-corrected chi connectivity index (χ2v) is 6.19. The standard InChI is InChI=1S/C19H20O2.C3H7B.C2H6/c1-15(20)7-8-16-9-11-18(12-10-16)14-19(21)13-17-5-3-2-4-6-17;1-2-3-4;1-2/h2-6,9-12H,7-8,13-14H2,1H3;2-3H2,1H3;1-2H3. The first-order valence-electron chi connectivity index (χ1n) is 9.88. The second-order valence-electron chi connectivity index (χ2n) is 6.19. The molecule has 2 nitrogen and oxygen atoms in total. The van der Waals surface area contributed by atoms with E-state index >= 15 is 0 Å². The predicted octanol–water partition coefficient (Wildman–Crippen LogP) is 5.57. The van der Waals surface area contributed by atoms with E-state index in [2.05, 4.69) is 6.92 Å². The smallest absolute Gasteiger partial charge is 0.141 e. The molecule has 0 fully saturated rings. The molecule has 0 heterocycles. The van der Waals surface area contributed by atoms with Crippen LogP contribution in [-0.4, -0.2) is 19.4 Å². The van der Waals surface area contributed by atoms with Gasteiger partial charge in [-0.15, -0.1) is 0 Å². The van der Waals surface area contributed by atoms with E-state index in [1.165, 1.54) is 0 Å². The van der Waals surface area contributed by atoms with Crippen molar-refractivity contribution in [3.63, 3.8) is 0 Å². The summed E-state index contributed by atoms with van der Waals surface area (Å²) in [6.45, 7) is 7.66. The van der Waals surface area contributed by atoms with Crippen LogP contribution in [0.15, 0.2) is 54.6 Å². The highest BCUT2D eigenvalue weighted by molar-refractivity contribution is 6.08. The third-order valence-corrected chi connectivity index (χ3v) is 3.72. The van der Waals surface area contributed by atoms with Crippen LogP contribution in [-0.2, 0) is 28.9 Å². The number of benzene rings is 2. The van der Waals surface area contributed by atoms with E-state index < -0.39 is 0 Å². The average Bonchev–Trinajstić information content (AvgIpc) is 2.70. The van der Waals surface area contributed by atoms with Gasteiger partial charge < -0.3 is 4.79 Å². The van der Waals surface area contributed by atoms with Crippen LogP contribution in [0.3, 0.4) is 0 Å². The Hall–Kier alpha value is -2.16. The van der Waals surface area contributed by atoms with Gasteiger partial charge in [0.05, 0.1) is 7.85 Å². The highest BCUT2D eigenvalue weighted by Crippen LogP contribution is 2.10. The summed E-state index contributed by atoms with van der Waals surface area (Å²) in [5.74, 6) is 0.426. The minimum atomic E-state index is 0.206. The molecule has 2 radical (unpaired) electrons. The quantitative estimate of drug-likeness (QED) is 0.574. The Morgan fingerprint density at radius 1 is 0.815 bits per heavy atom. The normalized spacial score (nSPS) is 9.33. The van der Waals surface area contributed by atoms with Gasteiger partial charge in [-0.25, -0.2) is 0 Å². The number of carbonyl (C=O) groups excluding carboxylic acids is 2. The molecule has 2 aromatic carbocycles. The number of ketones is 2. The third-order valence-electron chi connectivity index (χ3n) is 3.72. The lowest BCUT2D eigenvalue weighted by atomic mass is 10.0. The van der Waals surface area contributed by atoms with E-state index in [0.717, 1.165) is 35.9 Å². The zero-order chi connectivity index (χ0) is 20.5. The maximum atomic E-state index is 12.0. The number of aryl methyl sites for hydroxylation is 1. The highest BCUT2D eigenvalue weighted by Gasteiger charge is 2.05. The van der Waals surface area contributed by atoms with Gasteiger partial charge in [0.1, 0.15) is 11.6 Å². The lowest BCUT2D eigenvalue weighted by molar-refractivity contribution is -0.118. The van der Waals surface area contributed by atoms with E-state index in [9.17, 15) is 9.59 Å². The monoisotopic (exact) mass is 364 g/mol. The van der Waals surface area contributed by atoms with Crippen LogP contribution >= 0.6 is 0 Å². The lowest BCUT2D eigenvalue weighted by Gasteiger charge is -2.04. The number of hydrogen-bond acceptors (Lipinski definition) is 2. The van der Waals surface area contributed by atoms with Gasteiger partial charge in [-0.3, -0.25) is 4.79 Å². The molecule has 0 atom stereocenters. The fourth-order valence-corrected chi connectivity index (χ4v) is 2.26. The minimum absolute atomic E-state index is 0.206. The topological polar surface area (TPSA) is 34.1 Å². The van der Waals surface area contributed by atoms with Gasteiger partial charge in [0.2, 0.25) is 0 Å². The van der Waals surface area contributed by atoms with E-state index in [1.54, 1.807) is 6.92 Å². The molecule has 0 bridgehead atoms. The molecule has 2 aromatic rings. The molecule has 27 heavy (non-hydrogen) atoms. The van der Waals surface area contributed by atoms with Crippen molar-refractivity contribution < 1.29 is 9.59 Å². The van der Waals surface area contributed by atoms with Crippen molar-refractivity contribution in [1.29, 1.82) is 0 Å². The number of Topliss-reactive ketones (excluding diaryl/α,β-unsaturated/α-hetero) is 2. The summed E-state index contributed by atoms with van der Waals surface area (Å²) in [6.07, 6.45) is 4.20. The summed E-state index contributed by atoms with van der Waals surface area (Å²) in [4.78, 5) is 23.0. The molecular formula is C24H33BO2. The maximum Gasteiger partial charge on any atom is 0.141 e. The van der Waals surface area contributed by atoms with Crippen LogP contribution in [0.25, 0.3) is 0 Å². The third kappa shape index (κ3) is 12.8. The summed E-state index contributed by atoms with van der Waals surface area (Å²) in [6, 6.07) is 17.8. The molecule has 0 amide bonds. The van der Waals surface area contributed by atoms with Crippen LogP contribution in [0, 0.1) is 0 Å². The Morgan fingerprint density at radius 3 is 1.70 bits per heavy atom. The Labute approximate surface area is 166 Å². The van der Waals surface area contributed by atoms with Crippen LogP contribution in [0.4, 0.5) is 0 Å². The van der Waals surface area contributed by atoms with Gasteiger partial charge in [0, 0.05) is 19.3 Å². The first-order chi connectivity index (χ1) is 13.0. The van der Waals surface area contributed by atoms with Crippen molar-refractivity contribution in [1.82, 2.24) is 0 Å². The Bertz CT molecular complexity index is 631. The maximum absolute atomic E-state index is 12.0. The molecular weight excluding hydrogens is 331 g/mol. The SMILES string of the molecule is CC.CC(=O)CCc1ccc(CC(=O)Cc2ccccc2)cc1.[B]CCC.